The second kappa shape index (κ2) is 11.4. The lowest BCUT2D eigenvalue weighted by molar-refractivity contribution is 1.50. The van der Waals surface area contributed by atoms with E-state index in [0.717, 1.165) is 0 Å². The third kappa shape index (κ3) is 5.68. The maximum atomic E-state index is 2.24. The summed E-state index contributed by atoms with van der Waals surface area (Å²) >= 11 is 0. The first-order valence-corrected chi connectivity index (χ1v) is 10.5. The minimum Gasteiger partial charge on any atom is -0.0683 e. The van der Waals surface area contributed by atoms with Crippen LogP contribution in [0.3, 0.4) is 0 Å². The molecule has 0 heteroatoms. The molecule has 0 aromatic heterocycles. The molecule has 0 nitrogen and oxygen atoms in total. The van der Waals surface area contributed by atoms with E-state index in [2.05, 4.69) is 121 Å². The Kier molecular flexibility index (Phi) is 8.00. The standard InChI is InChI=1S/C18H14.C10H8.C2H6/c1-3-8-15(9-4-1)17-12-7-13-18(14-17)16-10-5-2-6-11-16;1-2-6-10-8-4-3-7-9(10)5-1;1-2/h1-14H;1-8H;1-2H3. The van der Waals surface area contributed by atoms with Crippen LogP contribution >= 0.6 is 0 Å². The van der Waals surface area contributed by atoms with E-state index in [1.807, 2.05) is 26.0 Å². The zero-order chi connectivity index (χ0) is 21.0. The van der Waals surface area contributed by atoms with Crippen LogP contribution in [0.1, 0.15) is 13.8 Å². The van der Waals surface area contributed by atoms with Crippen LogP contribution in [0.2, 0.25) is 0 Å². The Hall–Kier alpha value is -3.64. The summed E-state index contributed by atoms with van der Waals surface area (Å²) in [5, 5.41) is 2.62. The number of hydrogen-bond donors (Lipinski definition) is 0. The highest BCUT2D eigenvalue weighted by molar-refractivity contribution is 5.82. The molecule has 0 aliphatic carbocycles. The number of benzene rings is 5. The molecule has 0 saturated heterocycles. The van der Waals surface area contributed by atoms with E-state index >= 15 is 0 Å². The first-order valence-electron chi connectivity index (χ1n) is 10.5. The van der Waals surface area contributed by atoms with Gasteiger partial charge in [0.15, 0.2) is 0 Å². The van der Waals surface area contributed by atoms with Gasteiger partial charge in [0.1, 0.15) is 0 Å². The second-order valence-corrected chi connectivity index (χ2v) is 6.66. The van der Waals surface area contributed by atoms with Gasteiger partial charge in [0.05, 0.1) is 0 Å². The molecule has 5 aromatic rings. The normalized spacial score (nSPS) is 9.67. The maximum absolute atomic E-state index is 2.24. The van der Waals surface area contributed by atoms with Crippen LogP contribution in [0.4, 0.5) is 0 Å². The third-order valence-corrected chi connectivity index (χ3v) is 4.74. The van der Waals surface area contributed by atoms with E-state index in [-0.39, 0.29) is 0 Å². The van der Waals surface area contributed by atoms with E-state index in [1.54, 1.807) is 0 Å². The van der Waals surface area contributed by atoms with E-state index < -0.39 is 0 Å². The highest BCUT2D eigenvalue weighted by Crippen LogP contribution is 2.25. The highest BCUT2D eigenvalue weighted by atomic mass is 14.0. The lowest BCUT2D eigenvalue weighted by atomic mass is 9.99. The van der Waals surface area contributed by atoms with Crippen molar-refractivity contribution in [1.29, 1.82) is 0 Å². The zero-order valence-electron chi connectivity index (χ0n) is 17.7. The predicted molar refractivity (Wildman–Crippen MR) is 133 cm³/mol. The summed E-state index contributed by atoms with van der Waals surface area (Å²) in [4.78, 5) is 0. The molecule has 5 aromatic carbocycles. The van der Waals surface area contributed by atoms with Gasteiger partial charge < -0.3 is 0 Å². The molecule has 0 atom stereocenters. The van der Waals surface area contributed by atoms with Crippen LogP contribution in [0, 0.1) is 0 Å². The topological polar surface area (TPSA) is 0 Å². The first kappa shape index (κ1) is 21.1. The molecule has 0 N–H and O–H groups in total. The van der Waals surface area contributed by atoms with E-state index in [4.69, 9.17) is 0 Å². The Bertz CT molecular complexity index is 1020. The van der Waals surface area contributed by atoms with Crippen molar-refractivity contribution >= 4 is 10.8 Å². The molecule has 0 unspecified atom stereocenters. The van der Waals surface area contributed by atoms with Gasteiger partial charge in [-0.3, -0.25) is 0 Å². The van der Waals surface area contributed by atoms with Gasteiger partial charge in [-0.05, 0) is 39.1 Å². The molecule has 30 heavy (non-hydrogen) atoms. The summed E-state index contributed by atoms with van der Waals surface area (Å²) in [6.45, 7) is 4.00. The van der Waals surface area contributed by atoms with Crippen molar-refractivity contribution in [3.63, 3.8) is 0 Å². The summed E-state index contributed by atoms with van der Waals surface area (Å²) in [5.41, 5.74) is 5.04. The molecular formula is C30H28. The van der Waals surface area contributed by atoms with Crippen LogP contribution < -0.4 is 0 Å². The molecule has 0 amide bonds. The van der Waals surface area contributed by atoms with Crippen molar-refractivity contribution in [2.75, 3.05) is 0 Å². The maximum Gasteiger partial charge on any atom is -0.0178 e. The predicted octanol–water partition coefficient (Wildman–Crippen LogP) is 8.89. The third-order valence-electron chi connectivity index (χ3n) is 4.74. The molecule has 5 rings (SSSR count). The van der Waals surface area contributed by atoms with Gasteiger partial charge in [-0.2, -0.15) is 0 Å². The van der Waals surface area contributed by atoms with Crippen molar-refractivity contribution in [3.05, 3.63) is 133 Å². The summed E-state index contributed by atoms with van der Waals surface area (Å²) in [6, 6.07) is 46.3. The number of hydrogen-bond acceptors (Lipinski definition) is 0. The Labute approximate surface area is 180 Å². The van der Waals surface area contributed by atoms with E-state index in [1.165, 1.54) is 33.0 Å². The van der Waals surface area contributed by atoms with Crippen molar-refractivity contribution in [3.8, 4) is 22.3 Å². The van der Waals surface area contributed by atoms with Crippen LogP contribution in [-0.2, 0) is 0 Å². The van der Waals surface area contributed by atoms with Crippen molar-refractivity contribution in [2.24, 2.45) is 0 Å². The molecule has 0 spiro atoms. The van der Waals surface area contributed by atoms with Crippen molar-refractivity contribution < 1.29 is 0 Å². The Morgan fingerprint density at radius 3 is 0.967 bits per heavy atom. The molecular weight excluding hydrogens is 360 g/mol. The average Bonchev–Trinajstić information content (AvgIpc) is 2.87. The van der Waals surface area contributed by atoms with Gasteiger partial charge in [-0.1, -0.05) is 141 Å². The van der Waals surface area contributed by atoms with Crippen LogP contribution in [0.5, 0.6) is 0 Å². The van der Waals surface area contributed by atoms with E-state index in [9.17, 15) is 0 Å². The molecule has 0 radical (unpaired) electrons. The number of fused-ring (bicyclic) bond motifs is 1. The Morgan fingerprint density at radius 2 is 0.600 bits per heavy atom. The molecule has 0 aliphatic rings. The fraction of sp³-hybridized carbons (Fsp3) is 0.0667. The van der Waals surface area contributed by atoms with Gasteiger partial charge >= 0.3 is 0 Å². The van der Waals surface area contributed by atoms with E-state index in [0.29, 0.717) is 0 Å². The summed E-state index contributed by atoms with van der Waals surface area (Å²) in [6.07, 6.45) is 0. The van der Waals surface area contributed by atoms with Crippen LogP contribution in [0.15, 0.2) is 133 Å². The number of rotatable bonds is 2. The quantitative estimate of drug-likeness (QED) is 0.283. The SMILES string of the molecule is CC.c1ccc(-c2cccc(-c3ccccc3)c2)cc1.c1ccc2ccccc2c1. The van der Waals surface area contributed by atoms with Gasteiger partial charge in [-0.15, -0.1) is 0 Å². The molecule has 0 aliphatic heterocycles. The van der Waals surface area contributed by atoms with Gasteiger partial charge in [-0.25, -0.2) is 0 Å². The fourth-order valence-electron chi connectivity index (χ4n) is 3.27. The molecule has 0 saturated carbocycles. The van der Waals surface area contributed by atoms with Crippen LogP contribution in [-0.4, -0.2) is 0 Å². The molecule has 0 fully saturated rings. The summed E-state index contributed by atoms with van der Waals surface area (Å²) < 4.78 is 0. The second-order valence-electron chi connectivity index (χ2n) is 6.66. The monoisotopic (exact) mass is 388 g/mol. The summed E-state index contributed by atoms with van der Waals surface area (Å²) in [7, 11) is 0. The Balaban J connectivity index is 0.000000180. The first-order chi connectivity index (χ1) is 14.9. The van der Waals surface area contributed by atoms with Crippen LogP contribution in [0.25, 0.3) is 33.0 Å². The molecule has 0 heterocycles. The fourth-order valence-corrected chi connectivity index (χ4v) is 3.27. The largest absolute Gasteiger partial charge is 0.0683 e. The minimum absolute atomic E-state index is 1.26. The van der Waals surface area contributed by atoms with Gasteiger partial charge in [0.25, 0.3) is 0 Å². The Morgan fingerprint density at radius 1 is 0.300 bits per heavy atom. The smallest absolute Gasteiger partial charge is 0.0178 e. The van der Waals surface area contributed by atoms with Crippen molar-refractivity contribution in [2.45, 2.75) is 13.8 Å². The zero-order valence-corrected chi connectivity index (χ0v) is 17.7. The average molecular weight is 389 g/mol. The van der Waals surface area contributed by atoms with Gasteiger partial charge in [0.2, 0.25) is 0 Å². The van der Waals surface area contributed by atoms with Crippen molar-refractivity contribution in [1.82, 2.24) is 0 Å². The summed E-state index contributed by atoms with van der Waals surface area (Å²) in [5.74, 6) is 0. The molecule has 148 valence electrons. The lowest BCUT2D eigenvalue weighted by Crippen LogP contribution is -1.80. The highest BCUT2D eigenvalue weighted by Gasteiger charge is 2.00. The van der Waals surface area contributed by atoms with Gasteiger partial charge in [0, 0.05) is 0 Å². The molecule has 0 bridgehead atoms. The minimum atomic E-state index is 1.26. The lowest BCUT2D eigenvalue weighted by Gasteiger charge is -2.05.